The maximum atomic E-state index is 8.79. The second-order valence-corrected chi connectivity index (χ2v) is 4.53. The summed E-state index contributed by atoms with van der Waals surface area (Å²) in [6, 6.07) is 5.53. The topological polar surface area (TPSA) is 38.7 Å². The predicted octanol–water partition coefficient (Wildman–Crippen LogP) is 2.85. The molecule has 0 amide bonds. The van der Waals surface area contributed by atoms with E-state index in [0.29, 0.717) is 12.5 Å². The van der Waals surface area contributed by atoms with E-state index in [4.69, 9.17) is 14.6 Å². The molecule has 1 N–H and O–H groups in total. The van der Waals surface area contributed by atoms with Gasteiger partial charge in [0.2, 0.25) is 0 Å². The fourth-order valence-corrected chi connectivity index (χ4v) is 1.80. The minimum atomic E-state index is -0.164. The zero-order valence-electron chi connectivity index (χ0n) is 11.9. The van der Waals surface area contributed by atoms with Crippen molar-refractivity contribution < 1.29 is 14.6 Å². The minimum Gasteiger partial charge on any atom is -0.497 e. The van der Waals surface area contributed by atoms with Crippen molar-refractivity contribution in [3.63, 3.8) is 0 Å². The first-order valence-electron chi connectivity index (χ1n) is 6.61. The van der Waals surface area contributed by atoms with Crippen molar-refractivity contribution in [2.24, 2.45) is 5.92 Å². The number of aliphatic hydroxyl groups is 1. The molecule has 1 unspecified atom stereocenters. The lowest BCUT2D eigenvalue weighted by atomic mass is 10.1. The third-order valence-corrected chi connectivity index (χ3v) is 2.79. The van der Waals surface area contributed by atoms with Crippen LogP contribution in [0.4, 0.5) is 0 Å². The van der Waals surface area contributed by atoms with Crippen LogP contribution in [-0.4, -0.2) is 25.4 Å². The van der Waals surface area contributed by atoms with E-state index in [1.54, 1.807) is 7.11 Å². The smallest absolute Gasteiger partial charge is 0.135 e. The zero-order valence-corrected chi connectivity index (χ0v) is 11.9. The molecule has 3 heteroatoms. The average Bonchev–Trinajstić information content (AvgIpc) is 2.43. The highest BCUT2D eigenvalue weighted by atomic mass is 16.5. The van der Waals surface area contributed by atoms with Crippen LogP contribution in [0, 0.1) is 17.8 Å². The van der Waals surface area contributed by atoms with Gasteiger partial charge in [-0.3, -0.25) is 0 Å². The first kappa shape index (κ1) is 15.4. The highest BCUT2D eigenvalue weighted by Gasteiger charge is 2.06. The van der Waals surface area contributed by atoms with E-state index in [9.17, 15) is 0 Å². The van der Waals surface area contributed by atoms with Gasteiger partial charge in [0, 0.05) is 0 Å². The number of hydrogen-bond donors (Lipinski definition) is 1. The zero-order chi connectivity index (χ0) is 14.1. The largest absolute Gasteiger partial charge is 0.497 e. The number of rotatable bonds is 6. The summed E-state index contributed by atoms with van der Waals surface area (Å²) in [5.41, 5.74) is 0.747. The Morgan fingerprint density at radius 2 is 2.16 bits per heavy atom. The van der Waals surface area contributed by atoms with Gasteiger partial charge in [0.1, 0.15) is 18.1 Å². The molecule has 0 fully saturated rings. The highest BCUT2D eigenvalue weighted by Crippen LogP contribution is 2.24. The van der Waals surface area contributed by atoms with Gasteiger partial charge in [-0.1, -0.05) is 32.1 Å². The van der Waals surface area contributed by atoms with Crippen molar-refractivity contribution in [2.45, 2.75) is 26.7 Å². The van der Waals surface area contributed by atoms with Crippen molar-refractivity contribution in [1.82, 2.24) is 0 Å². The number of methoxy groups -OCH3 is 1. The van der Waals surface area contributed by atoms with Crippen LogP contribution in [0.25, 0.3) is 0 Å². The van der Waals surface area contributed by atoms with E-state index in [1.807, 2.05) is 18.2 Å². The Balaban J connectivity index is 2.80. The van der Waals surface area contributed by atoms with E-state index >= 15 is 0 Å². The second-order valence-electron chi connectivity index (χ2n) is 4.53. The summed E-state index contributed by atoms with van der Waals surface area (Å²) in [7, 11) is 1.61. The molecule has 3 nitrogen and oxygen atoms in total. The third-order valence-electron chi connectivity index (χ3n) is 2.79. The molecular formula is C16H22O3. The molecule has 0 saturated carbocycles. The van der Waals surface area contributed by atoms with Crippen LogP contribution < -0.4 is 9.47 Å². The standard InChI is InChI=1S/C16H22O3/c1-4-6-13(2)12-19-16-9-8-15(18-3)11-14(16)7-5-10-17/h8-9,11,13,17H,4,6,10,12H2,1-3H3. The molecule has 0 saturated heterocycles. The van der Waals surface area contributed by atoms with Crippen molar-refractivity contribution in [3.05, 3.63) is 23.8 Å². The first-order chi connectivity index (χ1) is 9.21. The molecular weight excluding hydrogens is 240 g/mol. The third kappa shape index (κ3) is 5.23. The lowest BCUT2D eigenvalue weighted by molar-refractivity contribution is 0.250. The van der Waals surface area contributed by atoms with Gasteiger partial charge in [0.15, 0.2) is 0 Å². The molecule has 1 atom stereocenters. The lowest BCUT2D eigenvalue weighted by Crippen LogP contribution is -2.09. The summed E-state index contributed by atoms with van der Waals surface area (Å²) in [6.45, 7) is 4.85. The molecule has 0 heterocycles. The van der Waals surface area contributed by atoms with Crippen molar-refractivity contribution in [2.75, 3.05) is 20.3 Å². The normalized spacial score (nSPS) is 11.4. The molecule has 0 radical (unpaired) electrons. The number of benzene rings is 1. The van der Waals surface area contributed by atoms with E-state index in [0.717, 1.165) is 29.9 Å². The van der Waals surface area contributed by atoms with Gasteiger partial charge in [-0.05, 0) is 30.5 Å². The van der Waals surface area contributed by atoms with Crippen LogP contribution in [0.15, 0.2) is 18.2 Å². The maximum absolute atomic E-state index is 8.79. The van der Waals surface area contributed by atoms with Gasteiger partial charge in [-0.25, -0.2) is 0 Å². The molecule has 0 aliphatic rings. The molecule has 1 aromatic carbocycles. The van der Waals surface area contributed by atoms with Gasteiger partial charge >= 0.3 is 0 Å². The molecule has 104 valence electrons. The van der Waals surface area contributed by atoms with Crippen molar-refractivity contribution in [3.8, 4) is 23.3 Å². The SMILES string of the molecule is CCCC(C)COc1ccc(OC)cc1C#CCO. The van der Waals surface area contributed by atoms with Gasteiger partial charge in [-0.2, -0.15) is 0 Å². The van der Waals surface area contributed by atoms with E-state index in [-0.39, 0.29) is 6.61 Å². The predicted molar refractivity (Wildman–Crippen MR) is 76.5 cm³/mol. The average molecular weight is 262 g/mol. The molecule has 0 aromatic heterocycles. The van der Waals surface area contributed by atoms with Crippen molar-refractivity contribution >= 4 is 0 Å². The van der Waals surface area contributed by atoms with Crippen LogP contribution in [0.1, 0.15) is 32.3 Å². The Bertz CT molecular complexity index is 443. The quantitative estimate of drug-likeness (QED) is 0.801. The monoisotopic (exact) mass is 262 g/mol. The molecule has 19 heavy (non-hydrogen) atoms. The second kappa shape index (κ2) is 8.44. The Morgan fingerprint density at radius 1 is 1.37 bits per heavy atom. The van der Waals surface area contributed by atoms with Gasteiger partial charge < -0.3 is 14.6 Å². The highest BCUT2D eigenvalue weighted by molar-refractivity contribution is 5.50. The molecule has 0 aliphatic carbocycles. The summed E-state index contributed by atoms with van der Waals surface area (Å²) < 4.78 is 11.0. The summed E-state index contributed by atoms with van der Waals surface area (Å²) in [5, 5.41) is 8.79. The van der Waals surface area contributed by atoms with Crippen molar-refractivity contribution in [1.29, 1.82) is 0 Å². The Morgan fingerprint density at radius 3 is 2.79 bits per heavy atom. The number of aliphatic hydroxyl groups excluding tert-OH is 1. The lowest BCUT2D eigenvalue weighted by Gasteiger charge is -2.14. The Hall–Kier alpha value is -1.66. The summed E-state index contributed by atoms with van der Waals surface area (Å²) in [6.07, 6.45) is 2.30. The molecule has 0 bridgehead atoms. The summed E-state index contributed by atoms with van der Waals surface area (Å²) in [5.74, 6) is 7.52. The number of ether oxygens (including phenoxy) is 2. The van der Waals surface area contributed by atoms with Crippen LogP contribution in [0.3, 0.4) is 0 Å². The van der Waals surface area contributed by atoms with Gasteiger partial charge in [0.05, 0.1) is 19.3 Å². The molecule has 0 aliphatic heterocycles. The molecule has 1 rings (SSSR count). The molecule has 0 spiro atoms. The Labute approximate surface area is 115 Å². The van der Waals surface area contributed by atoms with Gasteiger partial charge in [0.25, 0.3) is 0 Å². The van der Waals surface area contributed by atoms with E-state index in [2.05, 4.69) is 25.7 Å². The summed E-state index contributed by atoms with van der Waals surface area (Å²) in [4.78, 5) is 0. The fourth-order valence-electron chi connectivity index (χ4n) is 1.80. The maximum Gasteiger partial charge on any atom is 0.135 e. The van der Waals surface area contributed by atoms with Crippen LogP contribution in [-0.2, 0) is 0 Å². The van der Waals surface area contributed by atoms with Crippen LogP contribution >= 0.6 is 0 Å². The molecule has 1 aromatic rings. The summed E-state index contributed by atoms with van der Waals surface area (Å²) >= 11 is 0. The van der Waals surface area contributed by atoms with E-state index in [1.165, 1.54) is 0 Å². The minimum absolute atomic E-state index is 0.164. The van der Waals surface area contributed by atoms with E-state index < -0.39 is 0 Å². The van der Waals surface area contributed by atoms with Gasteiger partial charge in [-0.15, -0.1) is 0 Å². The van der Waals surface area contributed by atoms with Crippen LogP contribution in [0.5, 0.6) is 11.5 Å². The fraction of sp³-hybridized carbons (Fsp3) is 0.500. The van der Waals surface area contributed by atoms with Crippen LogP contribution in [0.2, 0.25) is 0 Å². The Kier molecular flexibility index (Phi) is 6.84. The number of hydrogen-bond acceptors (Lipinski definition) is 3. The first-order valence-corrected chi connectivity index (χ1v) is 6.61.